The van der Waals surface area contributed by atoms with Gasteiger partial charge in [0.05, 0.1) is 6.61 Å². The predicted molar refractivity (Wildman–Crippen MR) is 71.9 cm³/mol. The molecule has 0 aromatic rings. The van der Waals surface area contributed by atoms with Crippen molar-refractivity contribution in [3.05, 3.63) is 0 Å². The molecule has 0 bridgehead atoms. The van der Waals surface area contributed by atoms with Crippen LogP contribution in [0.2, 0.25) is 0 Å². The Morgan fingerprint density at radius 2 is 1.48 bits per heavy atom. The van der Waals surface area contributed by atoms with Crippen molar-refractivity contribution in [2.45, 2.75) is 64.0 Å². The summed E-state index contributed by atoms with van der Waals surface area (Å²) >= 11 is 0. The van der Waals surface area contributed by atoms with Gasteiger partial charge in [-0.25, -0.2) is 0 Å². The first kappa shape index (κ1) is 17.6. The number of carbonyl (C=O) groups is 3. The van der Waals surface area contributed by atoms with E-state index in [1.54, 1.807) is 6.92 Å². The number of carbonyl (C=O) groups excluding carboxylic acids is 3. The van der Waals surface area contributed by atoms with Crippen LogP contribution in [0.25, 0.3) is 0 Å². The Morgan fingerprint density at radius 3 is 1.91 bits per heavy atom. The first-order valence-corrected chi connectivity index (χ1v) is 7.13. The van der Waals surface area contributed by atoms with Crippen molar-refractivity contribution in [2.24, 2.45) is 0 Å². The zero-order chi connectivity index (χ0) is 17.4. The Morgan fingerprint density at radius 1 is 1.00 bits per heavy atom. The second kappa shape index (κ2) is 6.42. The van der Waals surface area contributed by atoms with Gasteiger partial charge in [0.15, 0.2) is 6.10 Å². The third-order valence-electron chi connectivity index (χ3n) is 3.61. The van der Waals surface area contributed by atoms with Gasteiger partial charge in [-0.2, -0.15) is 0 Å². The zero-order valence-electron chi connectivity index (χ0n) is 13.3. The van der Waals surface area contributed by atoms with E-state index in [-0.39, 0.29) is 0 Å². The number of epoxide rings is 1. The van der Waals surface area contributed by atoms with Crippen molar-refractivity contribution in [2.75, 3.05) is 6.61 Å². The van der Waals surface area contributed by atoms with Crippen LogP contribution in [-0.2, 0) is 38.1 Å². The summed E-state index contributed by atoms with van der Waals surface area (Å²) in [5.41, 5.74) is -0.794. The van der Waals surface area contributed by atoms with Gasteiger partial charge in [-0.05, 0) is 6.92 Å². The lowest BCUT2D eigenvalue weighted by molar-refractivity contribution is -0.301. The molecule has 2 aliphatic heterocycles. The van der Waals surface area contributed by atoms with E-state index in [2.05, 4.69) is 0 Å². The number of rotatable bonds is 4. The fraction of sp³-hybridized carbons (Fsp3) is 0.786. The van der Waals surface area contributed by atoms with E-state index in [1.165, 1.54) is 0 Å². The molecule has 2 unspecified atom stereocenters. The fourth-order valence-corrected chi connectivity index (χ4v) is 2.51. The topological polar surface area (TPSA) is 121 Å². The van der Waals surface area contributed by atoms with E-state index < -0.39 is 54.2 Å². The van der Waals surface area contributed by atoms with E-state index in [4.69, 9.17) is 23.7 Å². The fourth-order valence-electron chi connectivity index (χ4n) is 2.51. The van der Waals surface area contributed by atoms with Crippen molar-refractivity contribution in [1.29, 1.82) is 0 Å². The summed E-state index contributed by atoms with van der Waals surface area (Å²) in [5, 5.41) is 10.5. The van der Waals surface area contributed by atoms with Gasteiger partial charge in [0.1, 0.15) is 17.8 Å². The molecule has 1 N–H and O–H groups in total. The van der Waals surface area contributed by atoms with Crippen LogP contribution in [0.4, 0.5) is 0 Å². The lowest BCUT2D eigenvalue weighted by Crippen LogP contribution is -2.64. The highest BCUT2D eigenvalue weighted by Crippen LogP contribution is 2.40. The maximum atomic E-state index is 11.3. The van der Waals surface area contributed by atoms with E-state index in [0.717, 1.165) is 20.8 Å². The van der Waals surface area contributed by atoms with Crippen LogP contribution in [0.3, 0.4) is 0 Å². The molecule has 2 rings (SSSR count). The summed E-state index contributed by atoms with van der Waals surface area (Å²) in [6.45, 7) is 5.47. The molecule has 0 aromatic heterocycles. The monoisotopic (exact) mass is 332 g/mol. The third kappa shape index (κ3) is 3.98. The van der Waals surface area contributed by atoms with Crippen LogP contribution in [0, 0.1) is 0 Å². The molecular formula is C14H20O9. The Kier molecular flexibility index (Phi) is 4.92. The van der Waals surface area contributed by atoms with Crippen molar-refractivity contribution in [3.8, 4) is 0 Å². The molecular weight excluding hydrogens is 312 g/mol. The minimum atomic E-state index is -1.32. The SMILES string of the molecule is CC(=O)OC1OC([C@]2(C)CO2)[C@@H](O)[C@@H](OC(C)=O)[C@@H]1OC(C)=O. The van der Waals surface area contributed by atoms with Gasteiger partial charge in [-0.15, -0.1) is 0 Å². The summed E-state index contributed by atoms with van der Waals surface area (Å²) < 4.78 is 26.0. The lowest BCUT2D eigenvalue weighted by Gasteiger charge is -2.43. The molecule has 2 saturated heterocycles. The number of aliphatic hydroxyl groups is 1. The molecule has 9 heteroatoms. The molecule has 23 heavy (non-hydrogen) atoms. The first-order valence-electron chi connectivity index (χ1n) is 7.13. The number of ether oxygens (including phenoxy) is 5. The largest absolute Gasteiger partial charge is 0.455 e. The summed E-state index contributed by atoms with van der Waals surface area (Å²) in [6, 6.07) is 0. The molecule has 2 aliphatic rings. The van der Waals surface area contributed by atoms with Crippen LogP contribution >= 0.6 is 0 Å². The Bertz CT molecular complexity index is 498. The summed E-state index contributed by atoms with van der Waals surface area (Å²) in [7, 11) is 0. The minimum Gasteiger partial charge on any atom is -0.455 e. The second-order valence-corrected chi connectivity index (χ2v) is 5.77. The normalized spacial score (nSPS) is 39.3. The third-order valence-corrected chi connectivity index (χ3v) is 3.61. The molecule has 0 amide bonds. The van der Waals surface area contributed by atoms with Crippen molar-refractivity contribution < 1.29 is 43.2 Å². The molecule has 2 fully saturated rings. The van der Waals surface area contributed by atoms with Gasteiger partial charge >= 0.3 is 17.9 Å². The van der Waals surface area contributed by atoms with E-state index >= 15 is 0 Å². The van der Waals surface area contributed by atoms with Crippen LogP contribution in [0.1, 0.15) is 27.7 Å². The van der Waals surface area contributed by atoms with Crippen molar-refractivity contribution in [1.82, 2.24) is 0 Å². The van der Waals surface area contributed by atoms with Crippen molar-refractivity contribution in [3.63, 3.8) is 0 Å². The highest BCUT2D eigenvalue weighted by Gasteiger charge is 2.60. The highest BCUT2D eigenvalue weighted by atomic mass is 16.7. The van der Waals surface area contributed by atoms with E-state index in [0.29, 0.717) is 6.61 Å². The molecule has 0 aliphatic carbocycles. The molecule has 6 atom stereocenters. The minimum absolute atomic E-state index is 0.326. The van der Waals surface area contributed by atoms with Gasteiger partial charge in [-0.3, -0.25) is 14.4 Å². The molecule has 0 aromatic carbocycles. The Hall–Kier alpha value is -1.71. The van der Waals surface area contributed by atoms with E-state index in [1.807, 2.05) is 0 Å². The van der Waals surface area contributed by atoms with Crippen LogP contribution in [-0.4, -0.2) is 65.9 Å². The van der Waals surface area contributed by atoms with Crippen molar-refractivity contribution >= 4 is 17.9 Å². The molecule has 130 valence electrons. The van der Waals surface area contributed by atoms with Crippen LogP contribution in [0.5, 0.6) is 0 Å². The summed E-state index contributed by atoms with van der Waals surface area (Å²) in [6.07, 6.45) is -6.09. The number of esters is 3. The smallest absolute Gasteiger partial charge is 0.305 e. The number of hydrogen-bond donors (Lipinski definition) is 1. The van der Waals surface area contributed by atoms with E-state index in [9.17, 15) is 19.5 Å². The van der Waals surface area contributed by atoms with Gasteiger partial charge in [0.2, 0.25) is 12.4 Å². The van der Waals surface area contributed by atoms with Gasteiger partial charge < -0.3 is 28.8 Å². The lowest BCUT2D eigenvalue weighted by atomic mass is 9.90. The molecule has 0 saturated carbocycles. The van der Waals surface area contributed by atoms with Gasteiger partial charge in [0, 0.05) is 20.8 Å². The average Bonchev–Trinajstić information content (AvgIpc) is 3.14. The number of hydrogen-bond acceptors (Lipinski definition) is 9. The first-order chi connectivity index (χ1) is 10.6. The second-order valence-electron chi connectivity index (χ2n) is 5.77. The number of aliphatic hydroxyl groups excluding tert-OH is 1. The average molecular weight is 332 g/mol. The maximum Gasteiger partial charge on any atom is 0.305 e. The Labute approximate surface area is 132 Å². The summed E-state index contributed by atoms with van der Waals surface area (Å²) in [5.74, 6) is -2.06. The Balaban J connectivity index is 2.30. The predicted octanol–water partition coefficient (Wildman–Crippen LogP) is -0.712. The quantitative estimate of drug-likeness (QED) is 0.404. The maximum absolute atomic E-state index is 11.3. The standard InChI is InChI=1S/C14H20O9/c1-6(15)20-10-9(18)12(14(4)5-19-14)23-13(22-8(3)17)11(10)21-7(2)16/h9-13,18H,5H2,1-4H3/t9-,10+,11-,12?,13?,14-/m0/s1. The summed E-state index contributed by atoms with van der Waals surface area (Å²) in [4.78, 5) is 33.9. The molecule has 2 heterocycles. The van der Waals surface area contributed by atoms with Gasteiger partial charge in [-0.1, -0.05) is 0 Å². The molecule has 9 nitrogen and oxygen atoms in total. The van der Waals surface area contributed by atoms with Crippen LogP contribution in [0.15, 0.2) is 0 Å². The van der Waals surface area contributed by atoms with Gasteiger partial charge in [0.25, 0.3) is 0 Å². The molecule has 0 spiro atoms. The highest BCUT2D eigenvalue weighted by molar-refractivity contribution is 5.68. The van der Waals surface area contributed by atoms with Crippen LogP contribution < -0.4 is 0 Å². The molecule has 0 radical (unpaired) electrons. The zero-order valence-corrected chi connectivity index (χ0v) is 13.3.